The van der Waals surface area contributed by atoms with Crippen LogP contribution in [-0.4, -0.2) is 22.9 Å². The van der Waals surface area contributed by atoms with Crippen molar-refractivity contribution in [3.63, 3.8) is 0 Å². The molecule has 2 rings (SSSR count). The van der Waals surface area contributed by atoms with Crippen LogP contribution in [0.3, 0.4) is 0 Å². The molecule has 1 aromatic heterocycles. The number of nitrogens with two attached hydrogens (primary N) is 1. The molecule has 5 heteroatoms. The van der Waals surface area contributed by atoms with Crippen molar-refractivity contribution in [2.45, 2.75) is 19.8 Å². The predicted octanol–water partition coefficient (Wildman–Crippen LogP) is 2.36. The summed E-state index contributed by atoms with van der Waals surface area (Å²) < 4.78 is 6.14. The Morgan fingerprint density at radius 1 is 1.32 bits per heavy atom. The first-order valence-corrected chi connectivity index (χ1v) is 6.07. The summed E-state index contributed by atoms with van der Waals surface area (Å²) in [5.74, 6) is 0.372. The highest BCUT2D eigenvalue weighted by atomic mass is 16.5. The molecule has 0 bridgehead atoms. The lowest BCUT2D eigenvalue weighted by Crippen LogP contribution is -2.05. The largest absolute Gasteiger partial charge is 0.464 e. The van der Waals surface area contributed by atoms with Crippen LogP contribution in [0, 0.1) is 0 Å². The van der Waals surface area contributed by atoms with Crippen LogP contribution < -0.4 is 5.73 Å². The molecule has 0 unspecified atom stereocenters. The molecular weight excluding hydrogens is 242 g/mol. The van der Waals surface area contributed by atoms with Crippen LogP contribution in [0.1, 0.15) is 35.8 Å². The highest BCUT2D eigenvalue weighted by Crippen LogP contribution is 2.19. The first-order chi connectivity index (χ1) is 9.02. The summed E-state index contributed by atoms with van der Waals surface area (Å²) in [6.07, 6.45) is 0. The molecule has 0 aliphatic rings. The molecule has 0 saturated carbocycles. The van der Waals surface area contributed by atoms with Gasteiger partial charge in [0.25, 0.3) is 0 Å². The number of anilines is 1. The van der Waals surface area contributed by atoms with Gasteiger partial charge in [0.1, 0.15) is 5.82 Å². The number of carbonyl (C=O) groups is 1. The lowest BCUT2D eigenvalue weighted by atomic mass is 10.0. The van der Waals surface area contributed by atoms with Crippen molar-refractivity contribution in [2.24, 2.45) is 0 Å². The Labute approximate surface area is 112 Å². The molecule has 0 saturated heterocycles. The fourth-order valence-electron chi connectivity index (χ4n) is 1.81. The minimum atomic E-state index is -0.496. The van der Waals surface area contributed by atoms with E-state index in [1.54, 1.807) is 0 Å². The number of aromatic nitrogens is 2. The highest BCUT2D eigenvalue weighted by Gasteiger charge is 2.14. The maximum atomic E-state index is 11.4. The van der Waals surface area contributed by atoms with Crippen molar-refractivity contribution < 1.29 is 9.53 Å². The molecule has 0 aliphatic carbocycles. The summed E-state index contributed by atoms with van der Waals surface area (Å²) in [4.78, 5) is 11.4. The molecule has 0 radical (unpaired) electrons. The molecule has 0 atom stereocenters. The van der Waals surface area contributed by atoms with Crippen molar-refractivity contribution in [3.05, 3.63) is 41.6 Å². The molecule has 0 fully saturated rings. The fourth-order valence-corrected chi connectivity index (χ4v) is 1.81. The molecule has 2 N–H and O–H groups in total. The van der Waals surface area contributed by atoms with Crippen molar-refractivity contribution >= 4 is 11.8 Å². The average Bonchev–Trinajstić information content (AvgIpc) is 2.80. The van der Waals surface area contributed by atoms with Crippen molar-refractivity contribution in [1.29, 1.82) is 0 Å². The number of nitrogens with zero attached hydrogens (tertiary/aromatic N) is 2. The van der Waals surface area contributed by atoms with Crippen LogP contribution >= 0.6 is 0 Å². The van der Waals surface area contributed by atoms with E-state index in [0.29, 0.717) is 11.7 Å². The molecule has 1 aromatic carbocycles. The van der Waals surface area contributed by atoms with E-state index in [-0.39, 0.29) is 5.69 Å². The van der Waals surface area contributed by atoms with Crippen molar-refractivity contribution in [1.82, 2.24) is 9.78 Å². The molecule has 100 valence electrons. The normalized spacial score (nSPS) is 10.7. The lowest BCUT2D eigenvalue weighted by molar-refractivity contribution is 0.0593. The van der Waals surface area contributed by atoms with Crippen molar-refractivity contribution in [2.75, 3.05) is 12.8 Å². The zero-order valence-corrected chi connectivity index (χ0v) is 11.3. The van der Waals surface area contributed by atoms with E-state index in [9.17, 15) is 4.79 Å². The topological polar surface area (TPSA) is 70.1 Å². The third kappa shape index (κ3) is 2.59. The Hall–Kier alpha value is -2.30. The summed E-state index contributed by atoms with van der Waals surface area (Å²) in [5, 5.41) is 4.14. The van der Waals surface area contributed by atoms with Gasteiger partial charge in [0.15, 0.2) is 5.69 Å². The van der Waals surface area contributed by atoms with Crippen LogP contribution in [0.5, 0.6) is 0 Å². The third-order valence-corrected chi connectivity index (χ3v) is 2.94. The van der Waals surface area contributed by atoms with Crippen LogP contribution in [0.15, 0.2) is 30.3 Å². The number of ether oxygens (including phenoxy) is 1. The maximum absolute atomic E-state index is 11.4. The number of esters is 1. The number of carbonyl (C=O) groups excluding carboxylic acids is 1. The number of nitrogen functional groups attached to an aromatic ring is 1. The highest BCUT2D eigenvalue weighted by molar-refractivity contribution is 5.88. The second kappa shape index (κ2) is 5.14. The number of benzene rings is 1. The summed E-state index contributed by atoms with van der Waals surface area (Å²) in [6, 6.07) is 9.42. The molecule has 2 aromatic rings. The van der Waals surface area contributed by atoms with Gasteiger partial charge in [-0.05, 0) is 23.6 Å². The first kappa shape index (κ1) is 13.1. The Morgan fingerprint density at radius 2 is 1.95 bits per heavy atom. The maximum Gasteiger partial charge on any atom is 0.358 e. The van der Waals surface area contributed by atoms with Gasteiger partial charge in [-0.1, -0.05) is 26.0 Å². The van der Waals surface area contributed by atoms with E-state index < -0.39 is 5.97 Å². The Kier molecular flexibility index (Phi) is 3.55. The van der Waals surface area contributed by atoms with Gasteiger partial charge in [0.05, 0.1) is 12.8 Å². The summed E-state index contributed by atoms with van der Waals surface area (Å²) in [7, 11) is 1.31. The standard InChI is InChI=1S/C14H17N3O2/c1-9(2)10-4-6-11(7-5-10)17-13(15)8-12(16-17)14(18)19-3/h4-9H,15H2,1-3H3. The van der Waals surface area contributed by atoms with E-state index in [0.717, 1.165) is 5.69 Å². The summed E-state index contributed by atoms with van der Waals surface area (Å²) in [5.41, 5.74) is 8.11. The van der Waals surface area contributed by atoms with E-state index in [1.807, 2.05) is 24.3 Å². The van der Waals surface area contributed by atoms with E-state index in [1.165, 1.54) is 23.4 Å². The van der Waals surface area contributed by atoms with Gasteiger partial charge in [0, 0.05) is 6.07 Å². The van der Waals surface area contributed by atoms with Gasteiger partial charge in [-0.15, -0.1) is 0 Å². The molecule has 19 heavy (non-hydrogen) atoms. The summed E-state index contributed by atoms with van der Waals surface area (Å²) in [6.45, 7) is 4.26. The molecule has 1 heterocycles. The molecule has 5 nitrogen and oxygen atoms in total. The Bertz CT molecular complexity index is 585. The van der Waals surface area contributed by atoms with Gasteiger partial charge in [0.2, 0.25) is 0 Å². The van der Waals surface area contributed by atoms with Gasteiger partial charge in [-0.3, -0.25) is 0 Å². The SMILES string of the molecule is COC(=O)c1cc(N)n(-c2ccc(C(C)C)cc2)n1. The first-order valence-electron chi connectivity index (χ1n) is 6.07. The van der Waals surface area contributed by atoms with Crippen molar-refractivity contribution in [3.8, 4) is 5.69 Å². The Morgan fingerprint density at radius 3 is 2.47 bits per heavy atom. The quantitative estimate of drug-likeness (QED) is 0.859. The molecule has 0 amide bonds. The molecular formula is C14H17N3O2. The number of hydrogen-bond donors (Lipinski definition) is 1. The number of hydrogen-bond acceptors (Lipinski definition) is 4. The van der Waals surface area contributed by atoms with Gasteiger partial charge in [-0.2, -0.15) is 5.10 Å². The van der Waals surface area contributed by atoms with E-state index >= 15 is 0 Å². The zero-order valence-electron chi connectivity index (χ0n) is 11.3. The monoisotopic (exact) mass is 259 g/mol. The second-order valence-corrected chi connectivity index (χ2v) is 4.60. The van der Waals surface area contributed by atoms with Gasteiger partial charge in [-0.25, -0.2) is 9.48 Å². The average molecular weight is 259 g/mol. The van der Waals surface area contributed by atoms with Crippen LogP contribution in [0.25, 0.3) is 5.69 Å². The second-order valence-electron chi connectivity index (χ2n) is 4.60. The minimum absolute atomic E-state index is 0.202. The third-order valence-electron chi connectivity index (χ3n) is 2.94. The molecule has 0 spiro atoms. The van der Waals surface area contributed by atoms with E-state index in [4.69, 9.17) is 5.73 Å². The van der Waals surface area contributed by atoms with Crippen LogP contribution in [-0.2, 0) is 4.74 Å². The van der Waals surface area contributed by atoms with Gasteiger partial charge < -0.3 is 10.5 Å². The smallest absolute Gasteiger partial charge is 0.358 e. The predicted molar refractivity (Wildman–Crippen MR) is 73.4 cm³/mol. The minimum Gasteiger partial charge on any atom is -0.464 e. The number of rotatable bonds is 3. The van der Waals surface area contributed by atoms with E-state index in [2.05, 4.69) is 23.7 Å². The fraction of sp³-hybridized carbons (Fsp3) is 0.286. The summed E-state index contributed by atoms with van der Waals surface area (Å²) >= 11 is 0. The van der Waals surface area contributed by atoms with Crippen LogP contribution in [0.2, 0.25) is 0 Å². The zero-order chi connectivity index (χ0) is 14.0. The lowest BCUT2D eigenvalue weighted by Gasteiger charge is -2.07. The Balaban J connectivity index is 2.36. The number of methoxy groups -OCH3 is 1. The van der Waals surface area contributed by atoms with Crippen LogP contribution in [0.4, 0.5) is 5.82 Å². The van der Waals surface area contributed by atoms with Gasteiger partial charge >= 0.3 is 5.97 Å². The molecule has 0 aliphatic heterocycles.